The highest BCUT2D eigenvalue weighted by Gasteiger charge is 2.48. The van der Waals surface area contributed by atoms with Crippen molar-refractivity contribution in [1.82, 2.24) is 5.32 Å². The number of ether oxygens (including phenoxy) is 2. The van der Waals surface area contributed by atoms with Gasteiger partial charge in [-0.15, -0.1) is 13.2 Å². The lowest BCUT2D eigenvalue weighted by molar-refractivity contribution is -0.274. The maximum Gasteiger partial charge on any atom is 0.573 e. The van der Waals surface area contributed by atoms with E-state index in [0.717, 1.165) is 18.2 Å². The maximum absolute atomic E-state index is 12.8. The van der Waals surface area contributed by atoms with E-state index in [9.17, 15) is 40.3 Å². The zero-order valence-electron chi connectivity index (χ0n) is 14.6. The summed E-state index contributed by atoms with van der Waals surface area (Å²) in [6, 6.07) is 2.87. The third-order valence-corrected chi connectivity index (χ3v) is 4.10. The fraction of sp³-hybridized carbons (Fsp3) is 0.529. The first kappa shape index (κ1) is 22.9. The van der Waals surface area contributed by atoms with E-state index in [1.54, 1.807) is 0 Å². The summed E-state index contributed by atoms with van der Waals surface area (Å²) in [5, 5.41) is 2.19. The molecule has 0 radical (unpaired) electrons. The van der Waals surface area contributed by atoms with Crippen molar-refractivity contribution in [2.24, 2.45) is 5.92 Å². The van der Waals surface area contributed by atoms with Gasteiger partial charge >= 0.3 is 13.0 Å². The molecule has 1 aromatic carbocycles. The molecule has 0 spiro atoms. The Labute approximate surface area is 160 Å². The third kappa shape index (κ3) is 7.52. The van der Waals surface area contributed by atoms with Gasteiger partial charge in [-0.1, -0.05) is 12.1 Å². The van der Waals surface area contributed by atoms with E-state index in [1.165, 1.54) is 6.07 Å². The number of benzene rings is 1. The standard InChI is InChI=1S/C17H16F7NO4/c18-15(19)28-8-12(9-2-1-3-11(4-9)29-17(22,23)24)25-14(27)5-13(26)10-6-16(20,21)7-10/h1-4,10,12,15H,5-8H2,(H,25,27)/t12-/m0/s1. The van der Waals surface area contributed by atoms with Crippen molar-refractivity contribution in [2.75, 3.05) is 6.61 Å². The van der Waals surface area contributed by atoms with Crippen LogP contribution in [-0.4, -0.2) is 37.2 Å². The number of carbonyl (C=O) groups excluding carboxylic acids is 2. The van der Waals surface area contributed by atoms with Gasteiger partial charge in [-0.25, -0.2) is 8.78 Å². The Morgan fingerprint density at radius 2 is 1.86 bits per heavy atom. The van der Waals surface area contributed by atoms with E-state index < -0.39 is 74.2 Å². The number of carbonyl (C=O) groups is 2. The lowest BCUT2D eigenvalue weighted by Gasteiger charge is -2.33. The van der Waals surface area contributed by atoms with E-state index in [4.69, 9.17) is 0 Å². The number of halogens is 7. The number of nitrogens with one attached hydrogen (secondary N) is 1. The summed E-state index contributed by atoms with van der Waals surface area (Å²) in [5.74, 6) is -6.29. The minimum atomic E-state index is -4.99. The second-order valence-electron chi connectivity index (χ2n) is 6.44. The molecule has 1 saturated carbocycles. The third-order valence-electron chi connectivity index (χ3n) is 4.10. The van der Waals surface area contributed by atoms with E-state index in [2.05, 4.69) is 14.8 Å². The largest absolute Gasteiger partial charge is 0.573 e. The predicted octanol–water partition coefficient (Wildman–Crippen LogP) is 3.99. The van der Waals surface area contributed by atoms with E-state index >= 15 is 0 Å². The normalized spacial score (nSPS) is 17.5. The molecule has 29 heavy (non-hydrogen) atoms. The van der Waals surface area contributed by atoms with Crippen LogP contribution in [0.1, 0.15) is 30.9 Å². The van der Waals surface area contributed by atoms with Gasteiger partial charge in [0.15, 0.2) is 0 Å². The summed E-state index contributed by atoms with van der Waals surface area (Å²) in [6.07, 6.45) is -7.11. The number of ketones is 1. The monoisotopic (exact) mass is 431 g/mol. The molecule has 0 bridgehead atoms. The Morgan fingerprint density at radius 3 is 2.41 bits per heavy atom. The molecule has 1 fully saturated rings. The van der Waals surface area contributed by atoms with Crippen LogP contribution in [0.15, 0.2) is 24.3 Å². The van der Waals surface area contributed by atoms with Crippen molar-refractivity contribution in [1.29, 1.82) is 0 Å². The molecule has 1 N–H and O–H groups in total. The molecule has 5 nitrogen and oxygen atoms in total. The van der Waals surface area contributed by atoms with Gasteiger partial charge in [-0.3, -0.25) is 9.59 Å². The van der Waals surface area contributed by atoms with Crippen molar-refractivity contribution in [3.05, 3.63) is 29.8 Å². The summed E-state index contributed by atoms with van der Waals surface area (Å²) in [5.41, 5.74) is -0.0524. The topological polar surface area (TPSA) is 64.6 Å². The minimum absolute atomic E-state index is 0.0524. The maximum atomic E-state index is 12.8. The molecule has 162 valence electrons. The van der Waals surface area contributed by atoms with Gasteiger partial charge in [-0.05, 0) is 17.7 Å². The molecule has 1 atom stereocenters. The van der Waals surface area contributed by atoms with Crippen LogP contribution in [0.4, 0.5) is 30.7 Å². The van der Waals surface area contributed by atoms with Crippen LogP contribution in [0.5, 0.6) is 5.75 Å². The highest BCUT2D eigenvalue weighted by Crippen LogP contribution is 2.43. The molecule has 0 saturated heterocycles. The van der Waals surface area contributed by atoms with Gasteiger partial charge in [0.2, 0.25) is 11.8 Å². The smallest absolute Gasteiger partial charge is 0.406 e. The number of Topliss-reactive ketones (excluding diaryl/α,β-unsaturated/α-hetero) is 1. The quantitative estimate of drug-likeness (QED) is 0.475. The molecule has 0 aliphatic heterocycles. The van der Waals surface area contributed by atoms with Crippen molar-refractivity contribution >= 4 is 11.7 Å². The SMILES string of the molecule is O=C(CC(=O)C1CC(F)(F)C1)N[C@@H](COC(F)F)c1cccc(OC(F)(F)F)c1. The van der Waals surface area contributed by atoms with Crippen molar-refractivity contribution in [3.8, 4) is 5.75 Å². The zero-order chi connectivity index (χ0) is 21.8. The Kier molecular flexibility index (Phi) is 7.09. The Balaban J connectivity index is 2.05. The van der Waals surface area contributed by atoms with Crippen LogP contribution < -0.4 is 10.1 Å². The van der Waals surface area contributed by atoms with Gasteiger partial charge in [0.05, 0.1) is 19.1 Å². The number of hydrogen-bond donors (Lipinski definition) is 1. The number of amides is 1. The molecule has 1 aliphatic carbocycles. The molecular formula is C17H16F7NO4. The number of alkyl halides is 7. The van der Waals surface area contributed by atoms with Crippen molar-refractivity contribution in [3.63, 3.8) is 0 Å². The summed E-state index contributed by atoms with van der Waals surface area (Å²) < 4.78 is 95.2. The van der Waals surface area contributed by atoms with Crippen LogP contribution in [0.3, 0.4) is 0 Å². The van der Waals surface area contributed by atoms with Crippen LogP contribution >= 0.6 is 0 Å². The van der Waals surface area contributed by atoms with Crippen LogP contribution in [0, 0.1) is 5.92 Å². The predicted molar refractivity (Wildman–Crippen MR) is 83.3 cm³/mol. The van der Waals surface area contributed by atoms with E-state index in [-0.39, 0.29) is 5.56 Å². The van der Waals surface area contributed by atoms with E-state index in [1.807, 2.05) is 0 Å². The van der Waals surface area contributed by atoms with Gasteiger partial charge in [0.25, 0.3) is 0 Å². The molecule has 0 aromatic heterocycles. The molecule has 0 heterocycles. The lowest BCUT2D eigenvalue weighted by Crippen LogP contribution is -2.42. The Bertz CT molecular complexity index is 731. The van der Waals surface area contributed by atoms with Gasteiger partial charge in [0.1, 0.15) is 11.5 Å². The first-order chi connectivity index (χ1) is 13.3. The minimum Gasteiger partial charge on any atom is -0.406 e. The molecule has 12 heteroatoms. The van der Waals surface area contributed by atoms with E-state index in [0.29, 0.717) is 0 Å². The fourth-order valence-electron chi connectivity index (χ4n) is 2.76. The first-order valence-electron chi connectivity index (χ1n) is 8.30. The van der Waals surface area contributed by atoms with Crippen LogP contribution in [0.2, 0.25) is 0 Å². The first-order valence-corrected chi connectivity index (χ1v) is 8.30. The highest BCUT2D eigenvalue weighted by atomic mass is 19.4. The second kappa shape index (κ2) is 8.97. The van der Waals surface area contributed by atoms with Gasteiger partial charge in [0, 0.05) is 18.8 Å². The summed E-state index contributed by atoms with van der Waals surface area (Å²) in [4.78, 5) is 23.9. The number of hydrogen-bond acceptors (Lipinski definition) is 4. The van der Waals surface area contributed by atoms with Crippen LogP contribution in [-0.2, 0) is 14.3 Å². The summed E-state index contributed by atoms with van der Waals surface area (Å²) >= 11 is 0. The Hall–Kier alpha value is -2.37. The van der Waals surface area contributed by atoms with Crippen LogP contribution in [0.25, 0.3) is 0 Å². The lowest BCUT2D eigenvalue weighted by atomic mass is 9.77. The van der Waals surface area contributed by atoms with Crippen molar-refractivity contribution < 1.29 is 49.8 Å². The molecular weight excluding hydrogens is 415 g/mol. The summed E-state index contributed by atoms with van der Waals surface area (Å²) in [7, 11) is 0. The molecule has 0 unspecified atom stereocenters. The molecule has 1 amide bonds. The second-order valence-corrected chi connectivity index (χ2v) is 6.44. The average Bonchev–Trinajstić information content (AvgIpc) is 2.54. The Morgan fingerprint density at radius 1 is 1.21 bits per heavy atom. The zero-order valence-corrected chi connectivity index (χ0v) is 14.6. The number of rotatable bonds is 9. The van der Waals surface area contributed by atoms with Crippen molar-refractivity contribution in [2.45, 2.75) is 44.2 Å². The highest BCUT2D eigenvalue weighted by molar-refractivity contribution is 5.99. The fourth-order valence-corrected chi connectivity index (χ4v) is 2.76. The van der Waals surface area contributed by atoms with Gasteiger partial charge < -0.3 is 14.8 Å². The van der Waals surface area contributed by atoms with Gasteiger partial charge in [-0.2, -0.15) is 8.78 Å². The average molecular weight is 431 g/mol. The summed E-state index contributed by atoms with van der Waals surface area (Å²) in [6.45, 7) is -4.03. The molecule has 1 aromatic rings. The molecule has 1 aliphatic rings. The molecule has 2 rings (SSSR count).